The van der Waals surface area contributed by atoms with E-state index in [1.165, 1.54) is 0 Å². The fourth-order valence-corrected chi connectivity index (χ4v) is 3.30. The number of nitrogens with zero attached hydrogens (tertiary/aromatic N) is 1. The van der Waals surface area contributed by atoms with Crippen LogP contribution in [0.3, 0.4) is 0 Å². The second kappa shape index (κ2) is 9.78. The van der Waals surface area contributed by atoms with Gasteiger partial charge in [-0.2, -0.15) is 0 Å². The molecule has 1 aliphatic heterocycles. The van der Waals surface area contributed by atoms with E-state index in [0.717, 1.165) is 30.9 Å². The second-order valence-electron chi connectivity index (χ2n) is 5.96. The maximum atomic E-state index is 12.5. The first-order valence-corrected chi connectivity index (χ1v) is 8.69. The third-order valence-corrected chi connectivity index (χ3v) is 4.68. The topological polar surface area (TPSA) is 53.6 Å². The van der Waals surface area contributed by atoms with Crippen LogP contribution in [0.5, 0.6) is 5.75 Å². The molecule has 1 unspecified atom stereocenters. The molecule has 7 heteroatoms. The maximum absolute atomic E-state index is 12.5. The third-order valence-electron chi connectivity index (χ3n) is 4.35. The van der Waals surface area contributed by atoms with Gasteiger partial charge in [-0.1, -0.05) is 41.9 Å². The van der Waals surface area contributed by atoms with E-state index >= 15 is 0 Å². The normalized spacial score (nSPS) is 17.2. The van der Waals surface area contributed by atoms with Gasteiger partial charge in [-0.05, 0) is 18.2 Å². The molecule has 1 aliphatic rings. The summed E-state index contributed by atoms with van der Waals surface area (Å²) >= 11 is 6.12. The molecule has 1 heterocycles. The number of hydrogen-bond acceptors (Lipinski definition) is 4. The predicted molar refractivity (Wildman–Crippen MR) is 108 cm³/mol. The Balaban J connectivity index is 0.00000243. The molecule has 1 amide bonds. The fraction of sp³-hybridized carbons (Fsp3) is 0.316. The summed E-state index contributed by atoms with van der Waals surface area (Å²) in [6, 6.07) is 15.3. The minimum Gasteiger partial charge on any atom is -0.496 e. The van der Waals surface area contributed by atoms with E-state index in [2.05, 4.69) is 21.6 Å². The van der Waals surface area contributed by atoms with E-state index in [1.807, 2.05) is 30.3 Å². The summed E-state index contributed by atoms with van der Waals surface area (Å²) in [6.07, 6.45) is 0. The Labute approximate surface area is 165 Å². The molecule has 1 atom stereocenters. The number of halogens is 2. The van der Waals surface area contributed by atoms with E-state index in [1.54, 1.807) is 19.2 Å². The van der Waals surface area contributed by atoms with Crippen LogP contribution in [0.15, 0.2) is 48.5 Å². The maximum Gasteiger partial charge on any atom is 0.238 e. The molecule has 2 aromatic carbocycles. The van der Waals surface area contributed by atoms with Gasteiger partial charge in [0, 0.05) is 25.2 Å². The van der Waals surface area contributed by atoms with Crippen LogP contribution in [-0.4, -0.2) is 44.1 Å². The molecule has 3 rings (SSSR count). The average molecular weight is 396 g/mol. The molecule has 1 fully saturated rings. The minimum atomic E-state index is -0.0742. The molecule has 0 spiro atoms. The summed E-state index contributed by atoms with van der Waals surface area (Å²) in [5.41, 5.74) is 1.72. The second-order valence-corrected chi connectivity index (χ2v) is 6.37. The van der Waals surface area contributed by atoms with Gasteiger partial charge in [0.15, 0.2) is 0 Å². The number of methoxy groups -OCH3 is 1. The Morgan fingerprint density at radius 1 is 1.27 bits per heavy atom. The number of benzene rings is 2. The highest BCUT2D eigenvalue weighted by Crippen LogP contribution is 2.30. The molecular weight excluding hydrogens is 373 g/mol. The molecule has 1 saturated heterocycles. The van der Waals surface area contributed by atoms with Gasteiger partial charge >= 0.3 is 0 Å². The number of ether oxygens (including phenoxy) is 1. The highest BCUT2D eigenvalue weighted by Gasteiger charge is 2.27. The first kappa shape index (κ1) is 20.5. The summed E-state index contributed by atoms with van der Waals surface area (Å²) in [5, 5.41) is 6.83. The van der Waals surface area contributed by atoms with Crippen molar-refractivity contribution >= 4 is 35.6 Å². The Morgan fingerprint density at radius 2 is 2.00 bits per heavy atom. The fourth-order valence-electron chi connectivity index (χ4n) is 3.12. The van der Waals surface area contributed by atoms with E-state index in [4.69, 9.17) is 16.3 Å². The largest absolute Gasteiger partial charge is 0.496 e. The van der Waals surface area contributed by atoms with E-state index in [9.17, 15) is 4.79 Å². The number of carbonyl (C=O) groups is 1. The lowest BCUT2D eigenvalue weighted by Crippen LogP contribution is -2.48. The van der Waals surface area contributed by atoms with Crippen molar-refractivity contribution in [3.8, 4) is 5.75 Å². The molecule has 0 aromatic heterocycles. The van der Waals surface area contributed by atoms with Gasteiger partial charge in [0.1, 0.15) is 5.75 Å². The van der Waals surface area contributed by atoms with Crippen LogP contribution < -0.4 is 15.4 Å². The number of hydrogen-bond donors (Lipinski definition) is 2. The number of para-hydroxylation sites is 2. The molecule has 5 nitrogen and oxygen atoms in total. The minimum absolute atomic E-state index is 0. The highest BCUT2D eigenvalue weighted by molar-refractivity contribution is 6.33. The number of anilines is 1. The number of piperazine rings is 1. The SMILES string of the molecule is COc1ccccc1C1CNCCN1CC(=O)Nc1ccccc1Cl.Cl. The Hall–Kier alpha value is -1.79. The smallest absolute Gasteiger partial charge is 0.238 e. The molecular formula is C19H23Cl2N3O2. The van der Waals surface area contributed by atoms with Gasteiger partial charge < -0.3 is 15.4 Å². The summed E-state index contributed by atoms with van der Waals surface area (Å²) in [5.74, 6) is 0.766. The van der Waals surface area contributed by atoms with Gasteiger partial charge in [-0.3, -0.25) is 9.69 Å². The van der Waals surface area contributed by atoms with Gasteiger partial charge in [0.05, 0.1) is 30.4 Å². The van der Waals surface area contributed by atoms with Gasteiger partial charge in [0.2, 0.25) is 5.91 Å². The van der Waals surface area contributed by atoms with Crippen molar-refractivity contribution < 1.29 is 9.53 Å². The molecule has 0 aliphatic carbocycles. The van der Waals surface area contributed by atoms with Crippen molar-refractivity contribution in [2.24, 2.45) is 0 Å². The van der Waals surface area contributed by atoms with Crippen molar-refractivity contribution in [3.63, 3.8) is 0 Å². The Bertz CT molecular complexity index is 742. The van der Waals surface area contributed by atoms with Crippen LogP contribution in [0.25, 0.3) is 0 Å². The number of amides is 1. The molecule has 0 saturated carbocycles. The van der Waals surface area contributed by atoms with E-state index in [0.29, 0.717) is 17.3 Å². The molecule has 140 valence electrons. The van der Waals surface area contributed by atoms with Crippen LogP contribution in [0, 0.1) is 0 Å². The van der Waals surface area contributed by atoms with Crippen molar-refractivity contribution in [2.45, 2.75) is 6.04 Å². The lowest BCUT2D eigenvalue weighted by Gasteiger charge is -2.36. The van der Waals surface area contributed by atoms with Crippen molar-refractivity contribution in [1.82, 2.24) is 10.2 Å². The molecule has 0 radical (unpaired) electrons. The van der Waals surface area contributed by atoms with Crippen molar-refractivity contribution in [1.29, 1.82) is 0 Å². The quantitative estimate of drug-likeness (QED) is 0.814. The molecule has 0 bridgehead atoms. The van der Waals surface area contributed by atoms with Gasteiger partial charge in [-0.25, -0.2) is 0 Å². The zero-order valence-electron chi connectivity index (χ0n) is 14.6. The van der Waals surface area contributed by atoms with Gasteiger partial charge in [-0.15, -0.1) is 12.4 Å². The number of nitrogens with one attached hydrogen (secondary N) is 2. The predicted octanol–water partition coefficient (Wildman–Crippen LogP) is 3.36. The zero-order valence-corrected chi connectivity index (χ0v) is 16.1. The molecule has 2 aromatic rings. The number of rotatable bonds is 5. The third kappa shape index (κ3) is 4.89. The highest BCUT2D eigenvalue weighted by atomic mass is 35.5. The monoisotopic (exact) mass is 395 g/mol. The van der Waals surface area contributed by atoms with Crippen LogP contribution in [0.2, 0.25) is 5.02 Å². The van der Waals surface area contributed by atoms with Gasteiger partial charge in [0.25, 0.3) is 0 Å². The van der Waals surface area contributed by atoms with Crippen LogP contribution in [-0.2, 0) is 4.79 Å². The Kier molecular flexibility index (Phi) is 7.72. The first-order chi connectivity index (χ1) is 12.2. The summed E-state index contributed by atoms with van der Waals surface area (Å²) in [7, 11) is 1.67. The summed E-state index contributed by atoms with van der Waals surface area (Å²) < 4.78 is 5.49. The summed E-state index contributed by atoms with van der Waals surface area (Å²) in [4.78, 5) is 14.7. The van der Waals surface area contributed by atoms with E-state index in [-0.39, 0.29) is 24.4 Å². The van der Waals surface area contributed by atoms with Crippen molar-refractivity contribution in [2.75, 3.05) is 38.6 Å². The molecule has 26 heavy (non-hydrogen) atoms. The average Bonchev–Trinajstić information content (AvgIpc) is 2.64. The standard InChI is InChI=1S/C19H22ClN3O2.ClH/c1-25-18-9-5-2-6-14(18)17-12-21-10-11-23(17)13-19(24)22-16-8-4-3-7-15(16)20;/h2-9,17,21H,10-13H2,1H3,(H,22,24);1H. The van der Waals surface area contributed by atoms with Crippen LogP contribution >= 0.6 is 24.0 Å². The number of carbonyl (C=O) groups excluding carboxylic acids is 1. The Morgan fingerprint density at radius 3 is 2.77 bits per heavy atom. The lowest BCUT2D eigenvalue weighted by atomic mass is 10.0. The van der Waals surface area contributed by atoms with Crippen LogP contribution in [0.1, 0.15) is 11.6 Å². The molecule has 2 N–H and O–H groups in total. The van der Waals surface area contributed by atoms with E-state index < -0.39 is 0 Å². The van der Waals surface area contributed by atoms with Crippen LogP contribution in [0.4, 0.5) is 5.69 Å². The van der Waals surface area contributed by atoms with Crippen molar-refractivity contribution in [3.05, 3.63) is 59.1 Å². The first-order valence-electron chi connectivity index (χ1n) is 8.31. The summed E-state index contributed by atoms with van der Waals surface area (Å²) in [6.45, 7) is 2.72. The zero-order chi connectivity index (χ0) is 17.6. The lowest BCUT2D eigenvalue weighted by molar-refractivity contribution is -0.118.